The molecule has 0 unspecified atom stereocenters. The number of hydrogen-bond donors (Lipinski definition) is 0. The Hall–Kier alpha value is -5.80. The Morgan fingerprint density at radius 1 is 0.372 bits per heavy atom. The van der Waals surface area contributed by atoms with Gasteiger partial charge in [0.05, 0.1) is 11.4 Å². The molecule has 3 nitrogen and oxygen atoms in total. The van der Waals surface area contributed by atoms with Gasteiger partial charge >= 0.3 is 0 Å². The van der Waals surface area contributed by atoms with Crippen molar-refractivity contribution in [3.05, 3.63) is 146 Å². The summed E-state index contributed by atoms with van der Waals surface area (Å²) in [5.74, 6) is 0.707. The number of furan rings is 1. The van der Waals surface area contributed by atoms with E-state index in [0.717, 1.165) is 60.8 Å². The van der Waals surface area contributed by atoms with Gasteiger partial charge in [0.1, 0.15) is 11.2 Å². The van der Waals surface area contributed by atoms with Gasteiger partial charge in [-0.3, -0.25) is 0 Å². The minimum atomic E-state index is 0.707. The summed E-state index contributed by atoms with van der Waals surface area (Å²) in [4.78, 5) is 10.5. The molecule has 43 heavy (non-hydrogen) atoms. The summed E-state index contributed by atoms with van der Waals surface area (Å²) in [6.07, 6.45) is 0. The van der Waals surface area contributed by atoms with Crippen molar-refractivity contribution in [2.45, 2.75) is 0 Å². The van der Waals surface area contributed by atoms with Crippen LogP contribution in [0.4, 0.5) is 0 Å². The zero-order valence-corrected chi connectivity index (χ0v) is 23.2. The van der Waals surface area contributed by atoms with Crippen molar-refractivity contribution in [2.24, 2.45) is 0 Å². The Kier molecular flexibility index (Phi) is 5.20. The van der Waals surface area contributed by atoms with Gasteiger partial charge in [-0.05, 0) is 62.6 Å². The van der Waals surface area contributed by atoms with Gasteiger partial charge in [0.2, 0.25) is 0 Å². The molecule has 0 bridgehead atoms. The Bertz CT molecular complexity index is 2510. The first-order valence-electron chi connectivity index (χ1n) is 14.5. The second kappa shape index (κ2) is 9.37. The maximum Gasteiger partial charge on any atom is 0.161 e. The van der Waals surface area contributed by atoms with Crippen molar-refractivity contribution < 1.29 is 4.42 Å². The predicted octanol–water partition coefficient (Wildman–Crippen LogP) is 10.8. The van der Waals surface area contributed by atoms with Gasteiger partial charge in [0.25, 0.3) is 0 Å². The van der Waals surface area contributed by atoms with Crippen LogP contribution in [-0.2, 0) is 0 Å². The van der Waals surface area contributed by atoms with E-state index < -0.39 is 0 Å². The standard InChI is InChI=1S/C40H24N2O/c1-2-11-26(12-3-1)35-24-36(28-19-20-32-31-16-8-9-17-37(31)43-38(32)23-28)42-40(41-35)39-30-15-7-5-13-27(30)22-34-29-14-6-4-10-25(29)18-21-33(34)39/h1-24H. The molecule has 7 aromatic carbocycles. The molecule has 9 rings (SSSR count). The van der Waals surface area contributed by atoms with Crippen LogP contribution in [-0.4, -0.2) is 9.97 Å². The van der Waals surface area contributed by atoms with Crippen LogP contribution < -0.4 is 0 Å². The Morgan fingerprint density at radius 2 is 1.02 bits per heavy atom. The molecule has 0 N–H and O–H groups in total. The van der Waals surface area contributed by atoms with Crippen molar-refractivity contribution in [2.75, 3.05) is 0 Å². The summed E-state index contributed by atoms with van der Waals surface area (Å²) in [5, 5.41) is 9.30. The van der Waals surface area contributed by atoms with Crippen LogP contribution in [0.3, 0.4) is 0 Å². The van der Waals surface area contributed by atoms with Gasteiger partial charge in [-0.15, -0.1) is 0 Å². The normalized spacial score (nSPS) is 11.7. The van der Waals surface area contributed by atoms with E-state index in [4.69, 9.17) is 14.4 Å². The van der Waals surface area contributed by atoms with Crippen LogP contribution >= 0.6 is 0 Å². The van der Waals surface area contributed by atoms with Gasteiger partial charge in [-0.25, -0.2) is 9.97 Å². The highest BCUT2D eigenvalue weighted by atomic mass is 16.3. The van der Waals surface area contributed by atoms with Crippen LogP contribution in [0.5, 0.6) is 0 Å². The lowest BCUT2D eigenvalue weighted by atomic mass is 9.92. The molecule has 2 aromatic heterocycles. The minimum absolute atomic E-state index is 0.707. The number of hydrogen-bond acceptors (Lipinski definition) is 3. The average molecular weight is 549 g/mol. The van der Waals surface area contributed by atoms with E-state index in [1.54, 1.807) is 0 Å². The summed E-state index contributed by atoms with van der Waals surface area (Å²) in [5.41, 5.74) is 6.55. The van der Waals surface area contributed by atoms with Crippen LogP contribution in [0.25, 0.3) is 88.2 Å². The number of para-hydroxylation sites is 1. The van der Waals surface area contributed by atoms with E-state index >= 15 is 0 Å². The number of aromatic nitrogens is 2. The summed E-state index contributed by atoms with van der Waals surface area (Å²) >= 11 is 0. The monoisotopic (exact) mass is 548 g/mol. The maximum atomic E-state index is 6.26. The fraction of sp³-hybridized carbons (Fsp3) is 0. The van der Waals surface area contributed by atoms with Gasteiger partial charge in [-0.1, -0.05) is 115 Å². The van der Waals surface area contributed by atoms with Crippen molar-refractivity contribution in [3.63, 3.8) is 0 Å². The second-order valence-electron chi connectivity index (χ2n) is 11.0. The van der Waals surface area contributed by atoms with E-state index in [0.29, 0.717) is 5.82 Å². The summed E-state index contributed by atoms with van der Waals surface area (Å²) in [7, 11) is 0. The third-order valence-electron chi connectivity index (χ3n) is 8.46. The van der Waals surface area contributed by atoms with Crippen molar-refractivity contribution in [3.8, 4) is 33.9 Å². The molecule has 0 spiro atoms. The molecule has 0 radical (unpaired) electrons. The van der Waals surface area contributed by atoms with Gasteiger partial charge in [0.15, 0.2) is 5.82 Å². The first-order valence-corrected chi connectivity index (χ1v) is 14.5. The lowest BCUT2D eigenvalue weighted by Crippen LogP contribution is -1.97. The number of nitrogens with zero attached hydrogens (tertiary/aromatic N) is 2. The van der Waals surface area contributed by atoms with Crippen LogP contribution in [0.15, 0.2) is 150 Å². The Morgan fingerprint density at radius 3 is 1.88 bits per heavy atom. The third-order valence-corrected chi connectivity index (χ3v) is 8.46. The van der Waals surface area contributed by atoms with Crippen molar-refractivity contribution in [1.82, 2.24) is 9.97 Å². The quantitative estimate of drug-likeness (QED) is 0.163. The number of rotatable bonds is 3. The lowest BCUT2D eigenvalue weighted by Gasteiger charge is -2.15. The second-order valence-corrected chi connectivity index (χ2v) is 11.0. The molecule has 3 heteroatoms. The molecule has 200 valence electrons. The Balaban J connectivity index is 1.36. The molecule has 9 aromatic rings. The molecule has 0 aliphatic rings. The largest absolute Gasteiger partial charge is 0.456 e. The molecule has 0 atom stereocenters. The van der Waals surface area contributed by atoms with Gasteiger partial charge in [0, 0.05) is 27.5 Å². The van der Waals surface area contributed by atoms with E-state index in [1.165, 1.54) is 21.5 Å². The number of benzene rings is 7. The highest BCUT2D eigenvalue weighted by Gasteiger charge is 2.18. The first kappa shape index (κ1) is 23.9. The number of fused-ring (bicyclic) bond motifs is 7. The van der Waals surface area contributed by atoms with E-state index in [9.17, 15) is 0 Å². The van der Waals surface area contributed by atoms with Gasteiger partial charge < -0.3 is 4.42 Å². The zero-order valence-electron chi connectivity index (χ0n) is 23.2. The average Bonchev–Trinajstić information content (AvgIpc) is 3.45. The molecule has 0 fully saturated rings. The highest BCUT2D eigenvalue weighted by molar-refractivity contribution is 6.19. The van der Waals surface area contributed by atoms with Gasteiger partial charge in [-0.2, -0.15) is 0 Å². The molecule has 2 heterocycles. The zero-order chi connectivity index (χ0) is 28.3. The lowest BCUT2D eigenvalue weighted by molar-refractivity contribution is 0.669. The molecule has 0 saturated carbocycles. The van der Waals surface area contributed by atoms with E-state index in [1.807, 2.05) is 24.3 Å². The topological polar surface area (TPSA) is 38.9 Å². The third kappa shape index (κ3) is 3.83. The van der Waals surface area contributed by atoms with E-state index in [-0.39, 0.29) is 0 Å². The molecule has 0 amide bonds. The molecular formula is C40H24N2O. The van der Waals surface area contributed by atoms with Crippen LogP contribution in [0.2, 0.25) is 0 Å². The summed E-state index contributed by atoms with van der Waals surface area (Å²) in [6.45, 7) is 0. The summed E-state index contributed by atoms with van der Waals surface area (Å²) < 4.78 is 6.26. The fourth-order valence-electron chi connectivity index (χ4n) is 6.41. The predicted molar refractivity (Wildman–Crippen MR) is 178 cm³/mol. The van der Waals surface area contributed by atoms with Crippen LogP contribution in [0, 0.1) is 0 Å². The maximum absolute atomic E-state index is 6.26. The van der Waals surface area contributed by atoms with Crippen LogP contribution in [0.1, 0.15) is 0 Å². The summed E-state index contributed by atoms with van der Waals surface area (Å²) in [6, 6.07) is 50.8. The Labute approximate surface area is 247 Å². The molecule has 0 saturated heterocycles. The highest BCUT2D eigenvalue weighted by Crippen LogP contribution is 2.40. The first-order chi connectivity index (χ1) is 21.3. The van der Waals surface area contributed by atoms with Crippen molar-refractivity contribution >= 4 is 54.3 Å². The fourth-order valence-corrected chi connectivity index (χ4v) is 6.41. The van der Waals surface area contributed by atoms with Crippen molar-refractivity contribution in [1.29, 1.82) is 0 Å². The SMILES string of the molecule is c1ccc(-c2cc(-c3ccc4c(c3)oc3ccccc34)nc(-c3c4ccccc4cc4c3ccc3ccccc34)n2)cc1. The molecular weight excluding hydrogens is 524 g/mol. The minimum Gasteiger partial charge on any atom is -0.456 e. The molecule has 0 aliphatic carbocycles. The smallest absolute Gasteiger partial charge is 0.161 e. The molecule has 0 aliphatic heterocycles. The van der Waals surface area contributed by atoms with E-state index in [2.05, 4.69) is 121 Å².